The maximum absolute atomic E-state index is 4.58. The summed E-state index contributed by atoms with van der Waals surface area (Å²) in [5.74, 6) is 1.02. The molecule has 0 bridgehead atoms. The molecule has 2 heteroatoms. The van der Waals surface area contributed by atoms with E-state index in [0.717, 1.165) is 12.3 Å². The molecule has 1 aromatic rings. The summed E-state index contributed by atoms with van der Waals surface area (Å²) < 4.78 is 0. The van der Waals surface area contributed by atoms with Crippen molar-refractivity contribution in [3.05, 3.63) is 29.8 Å². The lowest BCUT2D eigenvalue weighted by molar-refractivity contribution is 0.354. The molecule has 0 N–H and O–H groups in total. The zero-order valence-electron chi connectivity index (χ0n) is 10.9. The second kappa shape index (κ2) is 5.34. The second-order valence-corrected chi connectivity index (χ2v) is 5.87. The SMILES string of the molecule is Cc1ccc(N(C)CC2(CS)CCCC2)cc1. The number of rotatable bonds is 4. The van der Waals surface area contributed by atoms with Crippen molar-refractivity contribution >= 4 is 18.3 Å². The fraction of sp³-hybridized carbons (Fsp3) is 0.600. The summed E-state index contributed by atoms with van der Waals surface area (Å²) in [4.78, 5) is 2.39. The first-order valence-electron chi connectivity index (χ1n) is 6.54. The van der Waals surface area contributed by atoms with Gasteiger partial charge in [0.25, 0.3) is 0 Å². The summed E-state index contributed by atoms with van der Waals surface area (Å²) >= 11 is 4.58. The van der Waals surface area contributed by atoms with Gasteiger partial charge in [-0.3, -0.25) is 0 Å². The van der Waals surface area contributed by atoms with Crippen molar-refractivity contribution in [2.75, 3.05) is 24.2 Å². The number of thiol groups is 1. The molecule has 0 spiro atoms. The van der Waals surface area contributed by atoms with Crippen LogP contribution in [0.1, 0.15) is 31.2 Å². The number of benzene rings is 1. The molecule has 2 rings (SSSR count). The Kier molecular flexibility index (Phi) is 4.03. The third kappa shape index (κ3) is 2.98. The van der Waals surface area contributed by atoms with Crippen LogP contribution in [0.2, 0.25) is 0 Å². The zero-order chi connectivity index (χ0) is 12.3. The Hall–Kier alpha value is -0.630. The summed E-state index contributed by atoms with van der Waals surface area (Å²) in [6.07, 6.45) is 5.43. The van der Waals surface area contributed by atoms with E-state index in [-0.39, 0.29) is 0 Å². The molecule has 17 heavy (non-hydrogen) atoms. The van der Waals surface area contributed by atoms with Gasteiger partial charge in [-0.25, -0.2) is 0 Å². The van der Waals surface area contributed by atoms with Crippen molar-refractivity contribution < 1.29 is 0 Å². The lowest BCUT2D eigenvalue weighted by atomic mass is 9.88. The van der Waals surface area contributed by atoms with Crippen molar-refractivity contribution in [1.82, 2.24) is 0 Å². The van der Waals surface area contributed by atoms with Gasteiger partial charge in [-0.2, -0.15) is 12.6 Å². The Bertz CT molecular complexity index is 352. The Morgan fingerprint density at radius 3 is 2.29 bits per heavy atom. The first kappa shape index (κ1) is 12.8. The minimum atomic E-state index is 0.447. The summed E-state index contributed by atoms with van der Waals surface area (Å²) in [7, 11) is 2.20. The Morgan fingerprint density at radius 1 is 1.18 bits per heavy atom. The van der Waals surface area contributed by atoms with Crippen molar-refractivity contribution in [3.8, 4) is 0 Å². The predicted octanol–water partition coefficient (Wildman–Crippen LogP) is 3.92. The molecule has 1 aromatic carbocycles. The predicted molar refractivity (Wildman–Crippen MR) is 79.2 cm³/mol. The maximum atomic E-state index is 4.58. The van der Waals surface area contributed by atoms with Crippen LogP contribution in [-0.4, -0.2) is 19.3 Å². The smallest absolute Gasteiger partial charge is 0.0363 e. The molecule has 1 aliphatic carbocycles. The first-order chi connectivity index (χ1) is 8.15. The molecule has 0 aliphatic heterocycles. The van der Waals surface area contributed by atoms with E-state index in [1.807, 2.05) is 0 Å². The molecule has 0 atom stereocenters. The van der Waals surface area contributed by atoms with Crippen LogP contribution in [0.3, 0.4) is 0 Å². The van der Waals surface area contributed by atoms with E-state index < -0.39 is 0 Å². The Morgan fingerprint density at radius 2 is 1.76 bits per heavy atom. The van der Waals surface area contributed by atoms with E-state index >= 15 is 0 Å². The maximum Gasteiger partial charge on any atom is 0.0363 e. The standard InChI is InChI=1S/C15H23NS/c1-13-5-7-14(8-6-13)16(2)11-15(12-17)9-3-4-10-15/h5-8,17H,3-4,9-12H2,1-2H3. The molecule has 0 heterocycles. The fourth-order valence-electron chi connectivity index (χ4n) is 2.88. The van der Waals surface area contributed by atoms with Gasteiger partial charge in [0, 0.05) is 19.3 Å². The lowest BCUT2D eigenvalue weighted by Crippen LogP contribution is -2.35. The van der Waals surface area contributed by atoms with Gasteiger partial charge in [0.1, 0.15) is 0 Å². The van der Waals surface area contributed by atoms with Gasteiger partial charge in [0.05, 0.1) is 0 Å². The van der Waals surface area contributed by atoms with Crippen molar-refractivity contribution in [1.29, 1.82) is 0 Å². The number of aryl methyl sites for hydroxylation is 1. The molecule has 0 amide bonds. The third-order valence-electron chi connectivity index (χ3n) is 4.05. The monoisotopic (exact) mass is 249 g/mol. The van der Waals surface area contributed by atoms with Crippen LogP contribution in [0, 0.1) is 12.3 Å². The number of nitrogens with zero attached hydrogens (tertiary/aromatic N) is 1. The fourth-order valence-corrected chi connectivity index (χ4v) is 3.30. The van der Waals surface area contributed by atoms with E-state index in [0.29, 0.717) is 5.41 Å². The molecular weight excluding hydrogens is 226 g/mol. The molecule has 1 aliphatic rings. The summed E-state index contributed by atoms with van der Waals surface area (Å²) in [6.45, 7) is 3.27. The van der Waals surface area contributed by atoms with Crippen LogP contribution in [0.4, 0.5) is 5.69 Å². The average Bonchev–Trinajstić information content (AvgIpc) is 2.79. The molecule has 0 unspecified atom stereocenters. The van der Waals surface area contributed by atoms with Crippen LogP contribution < -0.4 is 4.90 Å². The summed E-state index contributed by atoms with van der Waals surface area (Å²) in [6, 6.07) is 8.81. The first-order valence-corrected chi connectivity index (χ1v) is 7.17. The van der Waals surface area contributed by atoms with Crippen LogP contribution in [0.15, 0.2) is 24.3 Å². The minimum absolute atomic E-state index is 0.447. The number of anilines is 1. The summed E-state index contributed by atoms with van der Waals surface area (Å²) in [5, 5.41) is 0. The van der Waals surface area contributed by atoms with Gasteiger partial charge in [-0.1, -0.05) is 30.5 Å². The summed E-state index contributed by atoms with van der Waals surface area (Å²) in [5.41, 5.74) is 3.10. The van der Waals surface area contributed by atoms with Gasteiger partial charge >= 0.3 is 0 Å². The molecule has 0 aromatic heterocycles. The van der Waals surface area contributed by atoms with Gasteiger partial charge < -0.3 is 4.90 Å². The van der Waals surface area contributed by atoms with E-state index in [1.165, 1.54) is 36.9 Å². The number of hydrogen-bond acceptors (Lipinski definition) is 2. The highest BCUT2D eigenvalue weighted by Crippen LogP contribution is 2.40. The van der Waals surface area contributed by atoms with Gasteiger partial charge in [0.2, 0.25) is 0 Å². The van der Waals surface area contributed by atoms with Crippen molar-refractivity contribution in [3.63, 3.8) is 0 Å². The lowest BCUT2D eigenvalue weighted by Gasteiger charge is -2.33. The zero-order valence-corrected chi connectivity index (χ0v) is 11.8. The number of hydrogen-bond donors (Lipinski definition) is 1. The van der Waals surface area contributed by atoms with E-state index in [2.05, 4.69) is 55.8 Å². The largest absolute Gasteiger partial charge is 0.374 e. The average molecular weight is 249 g/mol. The Labute approximate surface area is 111 Å². The van der Waals surface area contributed by atoms with Gasteiger partial charge in [0.15, 0.2) is 0 Å². The van der Waals surface area contributed by atoms with Crippen LogP contribution in [0.5, 0.6) is 0 Å². The normalized spacial score (nSPS) is 18.3. The molecule has 1 fully saturated rings. The molecule has 0 saturated heterocycles. The van der Waals surface area contributed by atoms with Crippen molar-refractivity contribution in [2.45, 2.75) is 32.6 Å². The van der Waals surface area contributed by atoms with Crippen LogP contribution in [-0.2, 0) is 0 Å². The highest BCUT2D eigenvalue weighted by molar-refractivity contribution is 7.80. The van der Waals surface area contributed by atoms with Crippen LogP contribution >= 0.6 is 12.6 Å². The van der Waals surface area contributed by atoms with E-state index in [4.69, 9.17) is 0 Å². The van der Waals surface area contributed by atoms with Gasteiger partial charge in [-0.05, 0) is 43.1 Å². The quantitative estimate of drug-likeness (QED) is 0.792. The van der Waals surface area contributed by atoms with Crippen LogP contribution in [0.25, 0.3) is 0 Å². The highest BCUT2D eigenvalue weighted by atomic mass is 32.1. The minimum Gasteiger partial charge on any atom is -0.374 e. The molecular formula is C15H23NS. The van der Waals surface area contributed by atoms with Crippen molar-refractivity contribution in [2.24, 2.45) is 5.41 Å². The Balaban J connectivity index is 2.05. The topological polar surface area (TPSA) is 3.24 Å². The molecule has 94 valence electrons. The third-order valence-corrected chi connectivity index (χ3v) is 4.72. The van der Waals surface area contributed by atoms with E-state index in [1.54, 1.807) is 0 Å². The van der Waals surface area contributed by atoms with E-state index in [9.17, 15) is 0 Å². The molecule has 0 radical (unpaired) electrons. The second-order valence-electron chi connectivity index (χ2n) is 5.56. The molecule has 1 saturated carbocycles. The molecule has 1 nitrogen and oxygen atoms in total. The highest BCUT2D eigenvalue weighted by Gasteiger charge is 2.33. The van der Waals surface area contributed by atoms with Gasteiger partial charge in [-0.15, -0.1) is 0 Å².